The van der Waals surface area contributed by atoms with Gasteiger partial charge in [-0.25, -0.2) is 8.78 Å². The van der Waals surface area contributed by atoms with Crippen LogP contribution in [-0.4, -0.2) is 27.8 Å². The van der Waals surface area contributed by atoms with E-state index in [1.807, 2.05) is 12.1 Å². The number of aromatic nitrogens is 1. The molecule has 2 unspecified atom stereocenters. The summed E-state index contributed by atoms with van der Waals surface area (Å²) in [7, 11) is 0. The first-order valence-electron chi connectivity index (χ1n) is 9.65. The summed E-state index contributed by atoms with van der Waals surface area (Å²) in [5, 5.41) is 17.2. The molecule has 2 N–H and O–H groups in total. The van der Waals surface area contributed by atoms with Gasteiger partial charge < -0.3 is 15.3 Å². The van der Waals surface area contributed by atoms with Gasteiger partial charge in [0.25, 0.3) is 0 Å². The van der Waals surface area contributed by atoms with Gasteiger partial charge in [0.1, 0.15) is 23.8 Å². The molecular weight excluding hydrogens is 404 g/mol. The Labute approximate surface area is 177 Å². The third-order valence-corrected chi connectivity index (χ3v) is 4.91. The molecule has 6 nitrogen and oxygen atoms in total. The summed E-state index contributed by atoms with van der Waals surface area (Å²) in [6.45, 7) is 0. The molecule has 2 heterocycles. The van der Waals surface area contributed by atoms with Crippen molar-refractivity contribution in [2.75, 3.05) is 5.32 Å². The highest BCUT2D eigenvalue weighted by Crippen LogP contribution is 2.26. The number of carbonyl (C=O) groups excluding carboxylic acids is 1. The lowest BCUT2D eigenvalue weighted by atomic mass is 10.0. The van der Waals surface area contributed by atoms with Crippen molar-refractivity contribution in [3.8, 4) is 0 Å². The average Bonchev–Trinajstić information content (AvgIpc) is 3.23. The zero-order valence-corrected chi connectivity index (χ0v) is 16.3. The zero-order chi connectivity index (χ0) is 21.8. The first-order valence-corrected chi connectivity index (χ1v) is 9.65. The van der Waals surface area contributed by atoms with Crippen molar-refractivity contribution in [3.63, 3.8) is 0 Å². The number of hydrogen-bond donors (Lipinski definition) is 2. The summed E-state index contributed by atoms with van der Waals surface area (Å²) in [5.41, 5.74) is 2.51. The topological polar surface area (TPSA) is 83.8 Å². The Morgan fingerprint density at radius 1 is 1.19 bits per heavy atom. The van der Waals surface area contributed by atoms with Crippen LogP contribution in [0.15, 0.2) is 72.1 Å². The van der Waals surface area contributed by atoms with E-state index in [0.717, 1.165) is 23.4 Å². The molecule has 2 atom stereocenters. The van der Waals surface area contributed by atoms with Crippen LogP contribution in [-0.2, 0) is 9.63 Å². The molecule has 4 rings (SSSR count). The SMILES string of the molecule is O=C(CC1CC(c2cccnc2)=NO1)Nc1ccc(C(O)c2ccc(F)cc2F)cc1. The van der Waals surface area contributed by atoms with E-state index < -0.39 is 17.7 Å². The first-order chi connectivity index (χ1) is 15.0. The number of carbonyl (C=O) groups is 1. The van der Waals surface area contributed by atoms with Crippen LogP contribution in [0.4, 0.5) is 14.5 Å². The Hall–Kier alpha value is -3.65. The van der Waals surface area contributed by atoms with Crippen molar-refractivity contribution >= 4 is 17.3 Å². The minimum absolute atomic E-state index is 0.0269. The van der Waals surface area contributed by atoms with Gasteiger partial charge in [0.2, 0.25) is 5.91 Å². The Morgan fingerprint density at radius 3 is 2.71 bits per heavy atom. The molecule has 0 spiro atoms. The standard InChI is InChI=1S/C23H19F2N3O3/c24-16-5-8-19(20(25)10-16)23(30)14-3-6-17(7-4-14)27-22(29)12-18-11-21(28-31-18)15-2-1-9-26-13-15/h1-10,13,18,23,30H,11-12H2,(H,27,29). The number of oxime groups is 1. The second-order valence-corrected chi connectivity index (χ2v) is 7.15. The number of halogens is 2. The highest BCUT2D eigenvalue weighted by molar-refractivity contribution is 6.01. The number of pyridine rings is 1. The van der Waals surface area contributed by atoms with Gasteiger partial charge in [-0.05, 0) is 35.9 Å². The van der Waals surface area contributed by atoms with E-state index in [1.165, 1.54) is 6.07 Å². The van der Waals surface area contributed by atoms with Crippen molar-refractivity contribution in [3.05, 3.63) is 95.3 Å². The quantitative estimate of drug-likeness (QED) is 0.629. The minimum Gasteiger partial charge on any atom is -0.391 e. The molecule has 1 aromatic heterocycles. The molecule has 8 heteroatoms. The second-order valence-electron chi connectivity index (χ2n) is 7.15. The third-order valence-electron chi connectivity index (χ3n) is 4.91. The Morgan fingerprint density at radius 2 is 2.00 bits per heavy atom. The van der Waals surface area contributed by atoms with Crippen LogP contribution in [0.3, 0.4) is 0 Å². The number of amides is 1. The Balaban J connectivity index is 1.32. The maximum atomic E-state index is 13.9. The fourth-order valence-electron chi connectivity index (χ4n) is 3.31. The molecule has 158 valence electrons. The van der Waals surface area contributed by atoms with Crippen LogP contribution in [0.5, 0.6) is 0 Å². The smallest absolute Gasteiger partial charge is 0.228 e. The number of anilines is 1. The van der Waals surface area contributed by atoms with Crippen LogP contribution in [0.2, 0.25) is 0 Å². The van der Waals surface area contributed by atoms with Gasteiger partial charge in [-0.3, -0.25) is 9.78 Å². The molecule has 2 aromatic carbocycles. The lowest BCUT2D eigenvalue weighted by Gasteiger charge is -2.14. The molecule has 0 saturated carbocycles. The van der Waals surface area contributed by atoms with Crippen molar-refractivity contribution < 1.29 is 23.5 Å². The molecule has 1 aliphatic rings. The fourth-order valence-corrected chi connectivity index (χ4v) is 3.31. The summed E-state index contributed by atoms with van der Waals surface area (Å²) < 4.78 is 26.9. The van der Waals surface area contributed by atoms with Crippen LogP contribution < -0.4 is 5.32 Å². The number of hydrogen-bond acceptors (Lipinski definition) is 5. The normalized spacial score (nSPS) is 16.4. The maximum Gasteiger partial charge on any atom is 0.228 e. The molecule has 1 aliphatic heterocycles. The van der Waals surface area contributed by atoms with Gasteiger partial charge >= 0.3 is 0 Å². The summed E-state index contributed by atoms with van der Waals surface area (Å²) in [6, 6.07) is 13.0. The van der Waals surface area contributed by atoms with Gasteiger partial charge in [0, 0.05) is 41.7 Å². The molecule has 0 saturated heterocycles. The Kier molecular flexibility index (Phi) is 5.99. The zero-order valence-electron chi connectivity index (χ0n) is 16.3. The van der Waals surface area contributed by atoms with E-state index in [4.69, 9.17) is 4.84 Å². The van der Waals surface area contributed by atoms with E-state index in [1.54, 1.807) is 36.7 Å². The van der Waals surface area contributed by atoms with E-state index in [0.29, 0.717) is 17.7 Å². The Bertz CT molecular complexity index is 1100. The summed E-state index contributed by atoms with van der Waals surface area (Å²) in [6.07, 6.45) is 2.38. The monoisotopic (exact) mass is 423 g/mol. The number of benzene rings is 2. The van der Waals surface area contributed by atoms with Crippen molar-refractivity contribution in [1.29, 1.82) is 0 Å². The van der Waals surface area contributed by atoms with Crippen molar-refractivity contribution in [1.82, 2.24) is 4.98 Å². The molecule has 0 radical (unpaired) electrons. The van der Waals surface area contributed by atoms with E-state index in [-0.39, 0.29) is 24.0 Å². The van der Waals surface area contributed by atoms with Crippen LogP contribution in [0.25, 0.3) is 0 Å². The van der Waals surface area contributed by atoms with Crippen LogP contribution in [0, 0.1) is 11.6 Å². The van der Waals surface area contributed by atoms with E-state index in [9.17, 15) is 18.7 Å². The number of aliphatic hydroxyl groups is 1. The molecule has 0 bridgehead atoms. The number of nitrogens with zero attached hydrogens (tertiary/aromatic N) is 2. The summed E-state index contributed by atoms with van der Waals surface area (Å²) >= 11 is 0. The maximum absolute atomic E-state index is 13.9. The van der Waals surface area contributed by atoms with Crippen molar-refractivity contribution in [2.24, 2.45) is 5.16 Å². The minimum atomic E-state index is -1.25. The highest BCUT2D eigenvalue weighted by Gasteiger charge is 2.25. The number of nitrogens with one attached hydrogen (secondary N) is 1. The molecule has 1 amide bonds. The van der Waals surface area contributed by atoms with Crippen molar-refractivity contribution in [2.45, 2.75) is 25.0 Å². The highest BCUT2D eigenvalue weighted by atomic mass is 19.1. The van der Waals surface area contributed by atoms with Gasteiger partial charge in [-0.1, -0.05) is 23.4 Å². The van der Waals surface area contributed by atoms with Gasteiger partial charge in [0.15, 0.2) is 0 Å². The molecular formula is C23H19F2N3O3. The second kappa shape index (κ2) is 9.01. The van der Waals surface area contributed by atoms with Crippen LogP contribution in [0.1, 0.15) is 35.6 Å². The average molecular weight is 423 g/mol. The lowest BCUT2D eigenvalue weighted by Crippen LogP contribution is -2.20. The predicted molar refractivity (Wildman–Crippen MR) is 110 cm³/mol. The predicted octanol–water partition coefficient (Wildman–Crippen LogP) is 3.96. The van der Waals surface area contributed by atoms with E-state index in [2.05, 4.69) is 15.5 Å². The van der Waals surface area contributed by atoms with Gasteiger partial charge in [-0.15, -0.1) is 0 Å². The van der Waals surface area contributed by atoms with E-state index >= 15 is 0 Å². The largest absolute Gasteiger partial charge is 0.391 e. The number of rotatable bonds is 6. The summed E-state index contributed by atoms with van der Waals surface area (Å²) in [5.74, 6) is -1.78. The molecule has 0 aliphatic carbocycles. The summed E-state index contributed by atoms with van der Waals surface area (Å²) in [4.78, 5) is 21.7. The molecule has 31 heavy (non-hydrogen) atoms. The lowest BCUT2D eigenvalue weighted by molar-refractivity contribution is -0.118. The molecule has 3 aromatic rings. The fraction of sp³-hybridized carbons (Fsp3) is 0.174. The van der Waals surface area contributed by atoms with Crippen LogP contribution >= 0.6 is 0 Å². The van der Waals surface area contributed by atoms with Gasteiger partial charge in [-0.2, -0.15) is 0 Å². The van der Waals surface area contributed by atoms with Gasteiger partial charge in [0.05, 0.1) is 12.1 Å². The third kappa shape index (κ3) is 4.92. The first kappa shape index (κ1) is 20.6. The molecule has 0 fully saturated rings. The number of aliphatic hydroxyl groups excluding tert-OH is 1.